The number of carbonyl (C=O) groups is 2. The third-order valence-electron chi connectivity index (χ3n) is 4.81. The van der Waals surface area contributed by atoms with Gasteiger partial charge in [0.2, 0.25) is 5.91 Å². The van der Waals surface area contributed by atoms with Crippen molar-refractivity contribution in [2.24, 2.45) is 11.8 Å². The highest BCUT2D eigenvalue weighted by Crippen LogP contribution is 2.44. The van der Waals surface area contributed by atoms with Crippen molar-refractivity contribution >= 4 is 11.9 Å². The maximum Gasteiger partial charge on any atom is 0.307 e. The van der Waals surface area contributed by atoms with Crippen molar-refractivity contribution in [1.82, 2.24) is 5.32 Å². The predicted molar refractivity (Wildman–Crippen MR) is 74.2 cm³/mol. The highest BCUT2D eigenvalue weighted by molar-refractivity contribution is 5.89. The summed E-state index contributed by atoms with van der Waals surface area (Å²) in [7, 11) is 0. The summed E-state index contributed by atoms with van der Waals surface area (Å²) in [5.74, 6) is -2.23. The first-order chi connectivity index (χ1) is 10.0. The summed E-state index contributed by atoms with van der Waals surface area (Å²) in [6, 6.07) is 6.44. The quantitative estimate of drug-likeness (QED) is 0.873. The van der Waals surface area contributed by atoms with Crippen molar-refractivity contribution in [3.05, 3.63) is 35.6 Å². The molecule has 21 heavy (non-hydrogen) atoms. The molecule has 1 amide bonds. The van der Waals surface area contributed by atoms with Crippen LogP contribution in [0.3, 0.4) is 0 Å². The van der Waals surface area contributed by atoms with E-state index >= 15 is 0 Å². The van der Waals surface area contributed by atoms with Gasteiger partial charge in [0, 0.05) is 12.0 Å². The largest absolute Gasteiger partial charge is 0.481 e. The zero-order valence-corrected chi connectivity index (χ0v) is 11.6. The summed E-state index contributed by atoms with van der Waals surface area (Å²) < 4.78 is 13.0. The Hall–Kier alpha value is -1.91. The van der Waals surface area contributed by atoms with Gasteiger partial charge in [0.15, 0.2) is 0 Å². The van der Waals surface area contributed by atoms with Crippen LogP contribution < -0.4 is 5.32 Å². The molecule has 2 aliphatic carbocycles. The van der Waals surface area contributed by atoms with Crippen LogP contribution in [0.1, 0.15) is 31.2 Å². The van der Waals surface area contributed by atoms with Crippen LogP contribution in [0.2, 0.25) is 0 Å². The van der Waals surface area contributed by atoms with E-state index in [9.17, 15) is 14.0 Å². The van der Waals surface area contributed by atoms with Crippen LogP contribution in [0, 0.1) is 17.7 Å². The standard InChI is InChI=1S/C16H18FNO3/c17-11-4-2-10(3-5-11)16(6-1-7-16)9-18-14(19)12-8-13(12)15(20)21/h2-5,12-13H,1,6-9H2,(H,18,19)(H,20,21). The third-order valence-corrected chi connectivity index (χ3v) is 4.81. The summed E-state index contributed by atoms with van der Waals surface area (Å²) in [5.41, 5.74) is 0.929. The predicted octanol–water partition coefficient (Wildman–Crippen LogP) is 2.08. The van der Waals surface area contributed by atoms with Gasteiger partial charge in [0.05, 0.1) is 11.8 Å². The van der Waals surface area contributed by atoms with E-state index in [4.69, 9.17) is 5.11 Å². The van der Waals surface area contributed by atoms with Crippen LogP contribution in [0.5, 0.6) is 0 Å². The molecule has 0 bridgehead atoms. The van der Waals surface area contributed by atoms with Gasteiger partial charge in [0.1, 0.15) is 5.82 Å². The molecule has 2 unspecified atom stereocenters. The molecule has 2 fully saturated rings. The van der Waals surface area contributed by atoms with Crippen molar-refractivity contribution in [1.29, 1.82) is 0 Å². The van der Waals surface area contributed by atoms with Gasteiger partial charge in [-0.2, -0.15) is 0 Å². The molecule has 2 saturated carbocycles. The zero-order valence-electron chi connectivity index (χ0n) is 11.6. The van der Waals surface area contributed by atoms with E-state index in [0.29, 0.717) is 13.0 Å². The van der Waals surface area contributed by atoms with Crippen LogP contribution in [0.4, 0.5) is 4.39 Å². The van der Waals surface area contributed by atoms with Crippen molar-refractivity contribution < 1.29 is 19.1 Å². The number of amides is 1. The molecule has 2 N–H and O–H groups in total. The molecule has 4 nitrogen and oxygen atoms in total. The second kappa shape index (κ2) is 5.13. The number of rotatable bonds is 5. The van der Waals surface area contributed by atoms with Crippen LogP contribution >= 0.6 is 0 Å². The lowest BCUT2D eigenvalue weighted by molar-refractivity contribution is -0.140. The number of benzene rings is 1. The lowest BCUT2D eigenvalue weighted by Gasteiger charge is -2.42. The van der Waals surface area contributed by atoms with Gasteiger partial charge in [-0.05, 0) is 37.0 Å². The lowest BCUT2D eigenvalue weighted by atomic mass is 9.64. The van der Waals surface area contributed by atoms with Crippen molar-refractivity contribution in [3.63, 3.8) is 0 Å². The second-order valence-corrected chi connectivity index (χ2v) is 6.15. The maximum absolute atomic E-state index is 13.0. The van der Waals surface area contributed by atoms with E-state index in [2.05, 4.69) is 5.32 Å². The van der Waals surface area contributed by atoms with Gasteiger partial charge in [-0.1, -0.05) is 18.6 Å². The first kappa shape index (κ1) is 14.0. The normalized spacial score (nSPS) is 25.8. The molecule has 0 aromatic heterocycles. The number of nitrogens with one attached hydrogen (secondary N) is 1. The minimum atomic E-state index is -0.896. The highest BCUT2D eigenvalue weighted by Gasteiger charge is 2.49. The van der Waals surface area contributed by atoms with E-state index in [1.807, 2.05) is 0 Å². The van der Waals surface area contributed by atoms with Gasteiger partial charge >= 0.3 is 5.97 Å². The molecular formula is C16H18FNO3. The molecule has 0 heterocycles. The van der Waals surface area contributed by atoms with E-state index in [0.717, 1.165) is 24.8 Å². The molecule has 2 aliphatic rings. The Kier molecular flexibility index (Phi) is 3.43. The second-order valence-electron chi connectivity index (χ2n) is 6.15. The van der Waals surface area contributed by atoms with E-state index in [-0.39, 0.29) is 23.1 Å². The molecule has 1 aromatic carbocycles. The zero-order chi connectivity index (χ0) is 15.0. The topological polar surface area (TPSA) is 66.4 Å². The highest BCUT2D eigenvalue weighted by atomic mass is 19.1. The Bertz CT molecular complexity index is 565. The molecule has 0 spiro atoms. The monoisotopic (exact) mass is 291 g/mol. The van der Waals surface area contributed by atoms with Crippen LogP contribution in [0.15, 0.2) is 24.3 Å². The summed E-state index contributed by atoms with van der Waals surface area (Å²) in [6.07, 6.45) is 3.46. The molecule has 0 aliphatic heterocycles. The number of aliphatic carboxylic acids is 1. The number of carboxylic acid groups (broad SMARTS) is 1. The average molecular weight is 291 g/mol. The van der Waals surface area contributed by atoms with E-state index in [1.54, 1.807) is 12.1 Å². The molecule has 2 atom stereocenters. The molecular weight excluding hydrogens is 273 g/mol. The Labute approximate surface area is 122 Å². The fourth-order valence-corrected chi connectivity index (χ4v) is 3.12. The maximum atomic E-state index is 13.0. The number of hydrogen-bond donors (Lipinski definition) is 2. The van der Waals surface area contributed by atoms with Crippen molar-refractivity contribution in [3.8, 4) is 0 Å². The molecule has 0 radical (unpaired) electrons. The van der Waals surface area contributed by atoms with E-state index in [1.165, 1.54) is 12.1 Å². The number of carbonyl (C=O) groups excluding carboxylic acids is 1. The molecule has 112 valence electrons. The minimum Gasteiger partial charge on any atom is -0.481 e. The molecule has 1 aromatic rings. The lowest BCUT2D eigenvalue weighted by Crippen LogP contribution is -2.46. The minimum absolute atomic E-state index is 0.114. The van der Waals surface area contributed by atoms with Gasteiger partial charge in [-0.15, -0.1) is 0 Å². The fourth-order valence-electron chi connectivity index (χ4n) is 3.12. The first-order valence-corrected chi connectivity index (χ1v) is 7.28. The smallest absolute Gasteiger partial charge is 0.307 e. The molecule has 5 heteroatoms. The summed E-state index contributed by atoms with van der Waals surface area (Å²) in [5, 5.41) is 11.7. The SMILES string of the molecule is O=C(O)C1CC1C(=O)NCC1(c2ccc(F)cc2)CCC1. The van der Waals surface area contributed by atoms with Gasteiger partial charge in [-0.3, -0.25) is 9.59 Å². The number of carboxylic acids is 1. The van der Waals surface area contributed by atoms with Gasteiger partial charge < -0.3 is 10.4 Å². The van der Waals surface area contributed by atoms with Crippen molar-refractivity contribution in [2.75, 3.05) is 6.54 Å². The van der Waals surface area contributed by atoms with E-state index < -0.39 is 11.9 Å². The average Bonchev–Trinajstić information content (AvgIpc) is 3.19. The Morgan fingerprint density at radius 1 is 1.24 bits per heavy atom. The summed E-state index contributed by atoms with van der Waals surface area (Å²) in [6.45, 7) is 0.500. The Balaban J connectivity index is 1.61. The third kappa shape index (κ3) is 2.64. The van der Waals surface area contributed by atoms with Crippen LogP contribution in [-0.4, -0.2) is 23.5 Å². The summed E-state index contributed by atoms with van der Waals surface area (Å²) in [4.78, 5) is 22.7. The molecule has 3 rings (SSSR count). The van der Waals surface area contributed by atoms with Gasteiger partial charge in [-0.25, -0.2) is 4.39 Å². The van der Waals surface area contributed by atoms with Crippen LogP contribution in [-0.2, 0) is 15.0 Å². The fraction of sp³-hybridized carbons (Fsp3) is 0.500. The van der Waals surface area contributed by atoms with Crippen LogP contribution in [0.25, 0.3) is 0 Å². The molecule has 0 saturated heterocycles. The first-order valence-electron chi connectivity index (χ1n) is 7.28. The Morgan fingerprint density at radius 2 is 1.90 bits per heavy atom. The number of hydrogen-bond acceptors (Lipinski definition) is 2. The number of halogens is 1. The summed E-state index contributed by atoms with van der Waals surface area (Å²) >= 11 is 0. The van der Waals surface area contributed by atoms with Gasteiger partial charge in [0.25, 0.3) is 0 Å². The van der Waals surface area contributed by atoms with Crippen molar-refractivity contribution in [2.45, 2.75) is 31.1 Å². The Morgan fingerprint density at radius 3 is 2.38 bits per heavy atom.